The number of nitrogens with zero attached hydrogens (tertiary/aromatic N) is 2. The van der Waals surface area contributed by atoms with Gasteiger partial charge in [-0.2, -0.15) is 0 Å². The lowest BCUT2D eigenvalue weighted by Crippen LogP contribution is -2.52. The summed E-state index contributed by atoms with van der Waals surface area (Å²) in [5.74, 6) is -2.23. The quantitative estimate of drug-likeness (QED) is 0.414. The van der Waals surface area contributed by atoms with Crippen molar-refractivity contribution in [2.75, 3.05) is 6.61 Å². The fraction of sp³-hybridized carbons (Fsp3) is 0.600. The second kappa shape index (κ2) is 8.21. The Bertz CT molecular complexity index is 958. The second-order valence-electron chi connectivity index (χ2n) is 5.96. The molecule has 0 aliphatic carbocycles. The molecule has 13 nitrogen and oxygen atoms in total. The first-order chi connectivity index (χ1) is 13.0. The van der Waals surface area contributed by atoms with Gasteiger partial charge in [-0.05, 0) is 0 Å². The van der Waals surface area contributed by atoms with E-state index in [2.05, 4.69) is 0 Å². The Kier molecular flexibility index (Phi) is 6.18. The summed E-state index contributed by atoms with van der Waals surface area (Å²) in [5, 5.41) is 0. The number of aromatic nitrogens is 3. The number of H-pyrrole nitrogens is 1. The Balaban J connectivity index is 2.56. The summed E-state index contributed by atoms with van der Waals surface area (Å²) in [6.07, 6.45) is -5.39. The Hall–Kier alpha value is -3.22. The highest BCUT2D eigenvalue weighted by atomic mass is 16.7. The van der Waals surface area contributed by atoms with Gasteiger partial charge in [-0.15, -0.1) is 0 Å². The maximum Gasteiger partial charge on any atom is 0.338 e. The van der Waals surface area contributed by atoms with Crippen LogP contribution < -0.4 is 17.1 Å². The van der Waals surface area contributed by atoms with Crippen molar-refractivity contribution in [3.8, 4) is 0 Å². The van der Waals surface area contributed by atoms with Crippen LogP contribution in [0.5, 0.6) is 0 Å². The molecule has 2 heterocycles. The van der Waals surface area contributed by atoms with Crippen molar-refractivity contribution in [1.82, 2.24) is 14.1 Å². The molecule has 4 atom stereocenters. The summed E-state index contributed by atoms with van der Waals surface area (Å²) >= 11 is 0. The van der Waals surface area contributed by atoms with Crippen LogP contribution in [0.1, 0.15) is 27.0 Å². The van der Waals surface area contributed by atoms with Crippen molar-refractivity contribution in [1.29, 1.82) is 0 Å². The highest BCUT2D eigenvalue weighted by molar-refractivity contribution is 5.67. The van der Waals surface area contributed by atoms with Crippen LogP contribution in [-0.2, 0) is 40.4 Å². The van der Waals surface area contributed by atoms with E-state index in [0.29, 0.717) is 9.13 Å². The standard InChI is InChI=1S/C15H19N3O10/c1-6(19)25-5-9-10(26-7(2)20)11(27-8(3)21)12(28-9)18-14(23)16-13(22)17(4)15(18)24/h9-12H,5H2,1-4H3,(H,16,22,23)/t9-,10-,11+,12-/m1/s1. The molecule has 2 rings (SSSR count). The molecule has 13 heteroatoms. The minimum Gasteiger partial charge on any atom is -0.463 e. The van der Waals surface area contributed by atoms with Crippen molar-refractivity contribution in [3.05, 3.63) is 31.5 Å². The van der Waals surface area contributed by atoms with Gasteiger partial charge < -0.3 is 18.9 Å². The lowest BCUT2D eigenvalue weighted by atomic mass is 10.1. The molecular formula is C15H19N3O10. The first-order valence-electron chi connectivity index (χ1n) is 8.08. The molecule has 1 aromatic rings. The number of hydrogen-bond acceptors (Lipinski definition) is 10. The van der Waals surface area contributed by atoms with Gasteiger partial charge in [0.05, 0.1) is 0 Å². The van der Waals surface area contributed by atoms with E-state index in [-0.39, 0.29) is 0 Å². The molecule has 0 saturated carbocycles. The average molecular weight is 401 g/mol. The molecule has 0 spiro atoms. The minimum atomic E-state index is -1.54. The van der Waals surface area contributed by atoms with Crippen LogP contribution in [0.4, 0.5) is 0 Å². The van der Waals surface area contributed by atoms with Crippen molar-refractivity contribution in [2.45, 2.75) is 45.3 Å². The molecule has 1 N–H and O–H groups in total. The summed E-state index contributed by atoms with van der Waals surface area (Å²) in [5.41, 5.74) is -3.13. The summed E-state index contributed by atoms with van der Waals surface area (Å²) in [7, 11) is 1.12. The average Bonchev–Trinajstić information content (AvgIpc) is 2.87. The van der Waals surface area contributed by atoms with E-state index in [1.54, 1.807) is 0 Å². The van der Waals surface area contributed by atoms with E-state index in [0.717, 1.165) is 27.8 Å². The molecule has 1 fully saturated rings. The van der Waals surface area contributed by atoms with Gasteiger partial charge in [0.2, 0.25) is 0 Å². The zero-order chi connectivity index (χ0) is 21.2. The van der Waals surface area contributed by atoms with Crippen molar-refractivity contribution < 1.29 is 33.3 Å². The summed E-state index contributed by atoms with van der Waals surface area (Å²) in [6, 6.07) is 0. The van der Waals surface area contributed by atoms with Crippen molar-refractivity contribution >= 4 is 17.9 Å². The highest BCUT2D eigenvalue weighted by Gasteiger charge is 2.51. The number of rotatable bonds is 5. The van der Waals surface area contributed by atoms with Gasteiger partial charge in [-0.1, -0.05) is 0 Å². The molecule has 0 unspecified atom stereocenters. The lowest BCUT2D eigenvalue weighted by Gasteiger charge is -2.23. The van der Waals surface area contributed by atoms with Crippen LogP contribution >= 0.6 is 0 Å². The van der Waals surface area contributed by atoms with Gasteiger partial charge in [-0.25, -0.2) is 23.5 Å². The molecule has 154 valence electrons. The van der Waals surface area contributed by atoms with Crippen LogP contribution in [0.3, 0.4) is 0 Å². The Morgan fingerprint density at radius 1 is 0.964 bits per heavy atom. The van der Waals surface area contributed by atoms with E-state index < -0.39 is 66.1 Å². The number of carbonyl (C=O) groups excluding carboxylic acids is 3. The molecule has 0 amide bonds. The summed E-state index contributed by atoms with van der Waals surface area (Å²) < 4.78 is 21.8. The molecule has 0 aromatic carbocycles. The largest absolute Gasteiger partial charge is 0.463 e. The van der Waals surface area contributed by atoms with Crippen LogP contribution in [0.15, 0.2) is 14.4 Å². The maximum atomic E-state index is 12.4. The maximum absolute atomic E-state index is 12.4. The first kappa shape index (κ1) is 21.1. The smallest absolute Gasteiger partial charge is 0.338 e. The van der Waals surface area contributed by atoms with Crippen LogP contribution in [0.25, 0.3) is 0 Å². The molecule has 1 aromatic heterocycles. The van der Waals surface area contributed by atoms with Crippen molar-refractivity contribution in [3.63, 3.8) is 0 Å². The molecule has 1 aliphatic heterocycles. The second-order valence-corrected chi connectivity index (χ2v) is 5.96. The fourth-order valence-corrected chi connectivity index (χ4v) is 2.70. The lowest BCUT2D eigenvalue weighted by molar-refractivity contribution is -0.166. The van der Waals surface area contributed by atoms with E-state index in [1.165, 1.54) is 0 Å². The third-order valence-electron chi connectivity index (χ3n) is 3.83. The number of aromatic amines is 1. The third-order valence-corrected chi connectivity index (χ3v) is 3.83. The minimum absolute atomic E-state index is 0.403. The Morgan fingerprint density at radius 2 is 1.54 bits per heavy atom. The van der Waals surface area contributed by atoms with Gasteiger partial charge >= 0.3 is 35.0 Å². The molecular weight excluding hydrogens is 382 g/mol. The number of nitrogens with one attached hydrogen (secondary N) is 1. The van der Waals surface area contributed by atoms with Crippen LogP contribution in [0, 0.1) is 0 Å². The summed E-state index contributed by atoms with van der Waals surface area (Å²) in [6.45, 7) is 2.89. The van der Waals surface area contributed by atoms with Gasteiger partial charge in [0.1, 0.15) is 12.7 Å². The van der Waals surface area contributed by atoms with Gasteiger partial charge in [-0.3, -0.25) is 19.4 Å². The number of ether oxygens (including phenoxy) is 4. The number of carbonyl (C=O) groups is 3. The first-order valence-corrected chi connectivity index (χ1v) is 8.08. The SMILES string of the molecule is CC(=O)OC[C@H]1O[C@@H](n2c(=O)[nH]c(=O)n(C)c2=O)[C@@H](OC(C)=O)[C@@H]1OC(C)=O. The number of hydrogen-bond donors (Lipinski definition) is 1. The van der Waals surface area contributed by atoms with E-state index in [1.807, 2.05) is 4.98 Å². The zero-order valence-electron chi connectivity index (χ0n) is 15.5. The van der Waals surface area contributed by atoms with Gasteiger partial charge in [0.25, 0.3) is 0 Å². The molecule has 0 bridgehead atoms. The predicted octanol–water partition coefficient (Wildman–Crippen LogP) is -2.44. The van der Waals surface area contributed by atoms with Gasteiger partial charge in [0.15, 0.2) is 18.4 Å². The normalized spacial score (nSPS) is 23.9. The molecule has 1 saturated heterocycles. The fourth-order valence-electron chi connectivity index (χ4n) is 2.70. The monoisotopic (exact) mass is 401 g/mol. The van der Waals surface area contributed by atoms with Gasteiger partial charge in [0, 0.05) is 27.8 Å². The third kappa shape index (κ3) is 4.36. The molecule has 28 heavy (non-hydrogen) atoms. The molecule has 0 radical (unpaired) electrons. The topological polar surface area (TPSA) is 165 Å². The number of esters is 3. The Labute approximate surface area is 156 Å². The van der Waals surface area contributed by atoms with Crippen LogP contribution in [-0.4, -0.2) is 56.9 Å². The summed E-state index contributed by atoms with van der Waals surface area (Å²) in [4.78, 5) is 72.3. The zero-order valence-corrected chi connectivity index (χ0v) is 15.5. The van der Waals surface area contributed by atoms with E-state index in [9.17, 15) is 28.8 Å². The van der Waals surface area contributed by atoms with Crippen molar-refractivity contribution in [2.24, 2.45) is 7.05 Å². The van der Waals surface area contributed by atoms with Crippen LogP contribution in [0.2, 0.25) is 0 Å². The predicted molar refractivity (Wildman–Crippen MR) is 88.2 cm³/mol. The molecule has 1 aliphatic rings. The van der Waals surface area contributed by atoms with E-state index in [4.69, 9.17) is 18.9 Å². The van der Waals surface area contributed by atoms with E-state index >= 15 is 0 Å². The Morgan fingerprint density at radius 3 is 2.07 bits per heavy atom. The highest BCUT2D eigenvalue weighted by Crippen LogP contribution is 2.32.